The molecule has 0 spiro atoms. The van der Waals surface area contributed by atoms with Crippen molar-refractivity contribution in [1.82, 2.24) is 8.87 Å². The van der Waals surface area contributed by atoms with E-state index in [1.165, 1.54) is 4.31 Å². The summed E-state index contributed by atoms with van der Waals surface area (Å²) in [6.07, 6.45) is 5.41. The zero-order valence-corrected chi connectivity index (χ0v) is 22.7. The molecule has 2 aromatic rings. The van der Waals surface area contributed by atoms with Crippen LogP contribution >= 0.6 is 0 Å². The molecule has 1 saturated heterocycles. The van der Waals surface area contributed by atoms with E-state index in [4.69, 9.17) is 9.73 Å². The Morgan fingerprint density at radius 2 is 1.81 bits per heavy atom. The van der Waals surface area contributed by atoms with Gasteiger partial charge < -0.3 is 19.5 Å². The lowest BCUT2D eigenvalue weighted by Gasteiger charge is -2.38. The molecule has 10 heteroatoms. The first-order valence-corrected chi connectivity index (χ1v) is 14.4. The van der Waals surface area contributed by atoms with E-state index in [1.807, 2.05) is 13.1 Å². The molecule has 9 nitrogen and oxygen atoms in total. The Balaban J connectivity index is 1.72. The van der Waals surface area contributed by atoms with Crippen LogP contribution in [0.1, 0.15) is 56.2 Å². The smallest absolute Gasteiger partial charge is 0.256 e. The Morgan fingerprint density at radius 1 is 1.11 bits per heavy atom. The normalized spacial score (nSPS) is 17.5. The van der Waals surface area contributed by atoms with Crippen molar-refractivity contribution >= 4 is 21.4 Å². The van der Waals surface area contributed by atoms with E-state index in [0.717, 1.165) is 24.8 Å². The van der Waals surface area contributed by atoms with Crippen molar-refractivity contribution in [1.29, 1.82) is 0 Å². The fourth-order valence-electron chi connectivity index (χ4n) is 5.06. The summed E-state index contributed by atoms with van der Waals surface area (Å²) in [7, 11) is -2.08. The monoisotopic (exact) mass is 531 g/mol. The van der Waals surface area contributed by atoms with Crippen LogP contribution in [0.25, 0.3) is 0 Å². The van der Waals surface area contributed by atoms with Crippen molar-refractivity contribution in [3.05, 3.63) is 51.4 Å². The Labute approximate surface area is 218 Å². The van der Waals surface area contributed by atoms with Gasteiger partial charge in [0.25, 0.3) is 5.56 Å². The predicted octanol–water partition coefficient (Wildman–Crippen LogP) is 2.56. The van der Waals surface area contributed by atoms with Gasteiger partial charge in [0.05, 0.1) is 36.1 Å². The third-order valence-corrected chi connectivity index (χ3v) is 9.34. The zero-order valence-electron chi connectivity index (χ0n) is 21.9. The second-order valence-corrected chi connectivity index (χ2v) is 12.0. The summed E-state index contributed by atoms with van der Waals surface area (Å²) in [4.78, 5) is 17.9. The van der Waals surface area contributed by atoms with Crippen LogP contribution in [0.15, 0.2) is 39.1 Å². The maximum atomic E-state index is 13.6. The average Bonchev–Trinajstić information content (AvgIpc) is 3.36. The van der Waals surface area contributed by atoms with Crippen LogP contribution in [-0.2, 0) is 29.9 Å². The highest BCUT2D eigenvalue weighted by Crippen LogP contribution is 2.36. The maximum absolute atomic E-state index is 13.6. The van der Waals surface area contributed by atoms with Gasteiger partial charge in [0.1, 0.15) is 5.75 Å². The van der Waals surface area contributed by atoms with Gasteiger partial charge in [-0.15, -0.1) is 0 Å². The van der Waals surface area contributed by atoms with Crippen LogP contribution in [0.2, 0.25) is 0 Å². The number of aryl methyl sites for hydroxylation is 2. The fraction of sp³-hybridized carbons (Fsp3) is 0.556. The molecule has 4 rings (SSSR count). The summed E-state index contributed by atoms with van der Waals surface area (Å²) in [6.45, 7) is 4.63. The quantitative estimate of drug-likeness (QED) is 0.486. The molecule has 2 aliphatic heterocycles. The number of sulfonamides is 1. The van der Waals surface area contributed by atoms with E-state index >= 15 is 0 Å². The SMILES string of the molecule is CCCOc1ccc(S(=O)(=O)N2CCC(CO)(CO)CC2)cc1C1=Nc2c(CCC)cn(C)c(=O)c2C1. The molecule has 202 valence electrons. The second-order valence-electron chi connectivity index (χ2n) is 10.1. The van der Waals surface area contributed by atoms with E-state index in [9.17, 15) is 23.4 Å². The molecule has 0 amide bonds. The van der Waals surface area contributed by atoms with Gasteiger partial charge >= 0.3 is 0 Å². The molecular weight excluding hydrogens is 494 g/mol. The van der Waals surface area contributed by atoms with Crippen molar-refractivity contribution in [3.63, 3.8) is 0 Å². The van der Waals surface area contributed by atoms with Gasteiger partial charge in [0.2, 0.25) is 10.0 Å². The molecule has 0 bridgehead atoms. The number of piperidine rings is 1. The molecule has 0 radical (unpaired) electrons. The van der Waals surface area contributed by atoms with Crippen molar-refractivity contribution in [2.24, 2.45) is 17.5 Å². The van der Waals surface area contributed by atoms with Crippen molar-refractivity contribution in [3.8, 4) is 5.75 Å². The molecule has 2 aliphatic rings. The number of aromatic nitrogens is 1. The van der Waals surface area contributed by atoms with Crippen LogP contribution in [0.3, 0.4) is 0 Å². The first kappa shape index (κ1) is 27.5. The van der Waals surface area contributed by atoms with Gasteiger partial charge in [-0.3, -0.25) is 9.79 Å². The number of ether oxygens (including phenoxy) is 1. The van der Waals surface area contributed by atoms with Crippen LogP contribution < -0.4 is 10.3 Å². The van der Waals surface area contributed by atoms with Gasteiger partial charge in [0.15, 0.2) is 0 Å². The number of hydrogen-bond donors (Lipinski definition) is 2. The van der Waals surface area contributed by atoms with E-state index < -0.39 is 15.4 Å². The molecule has 3 heterocycles. The molecule has 0 unspecified atom stereocenters. The van der Waals surface area contributed by atoms with E-state index in [2.05, 4.69) is 6.92 Å². The summed E-state index contributed by atoms with van der Waals surface area (Å²) >= 11 is 0. The molecule has 1 fully saturated rings. The average molecular weight is 532 g/mol. The minimum Gasteiger partial charge on any atom is -0.493 e. The Morgan fingerprint density at radius 3 is 2.43 bits per heavy atom. The summed E-state index contributed by atoms with van der Waals surface area (Å²) in [5, 5.41) is 19.4. The van der Waals surface area contributed by atoms with Gasteiger partial charge in [-0.1, -0.05) is 20.3 Å². The lowest BCUT2D eigenvalue weighted by Crippen LogP contribution is -2.46. The third kappa shape index (κ3) is 5.25. The third-order valence-electron chi connectivity index (χ3n) is 7.44. The number of nitrogens with zero attached hydrogens (tertiary/aromatic N) is 3. The van der Waals surface area contributed by atoms with Crippen molar-refractivity contribution in [2.75, 3.05) is 32.9 Å². The lowest BCUT2D eigenvalue weighted by molar-refractivity contribution is 0.0146. The highest BCUT2D eigenvalue weighted by Gasteiger charge is 2.38. The maximum Gasteiger partial charge on any atom is 0.256 e. The molecule has 1 aromatic carbocycles. The van der Waals surface area contributed by atoms with Gasteiger partial charge in [-0.05, 0) is 49.4 Å². The number of aliphatic hydroxyl groups excluding tert-OH is 2. The van der Waals surface area contributed by atoms with Crippen molar-refractivity contribution < 1.29 is 23.4 Å². The minimum absolute atomic E-state index is 0.0991. The molecular formula is C27H37N3O6S. The first-order valence-electron chi connectivity index (χ1n) is 13.0. The molecule has 2 N–H and O–H groups in total. The van der Waals surface area contributed by atoms with Crippen LogP contribution in [0.4, 0.5) is 5.69 Å². The molecule has 37 heavy (non-hydrogen) atoms. The van der Waals surface area contributed by atoms with Gasteiger partial charge in [-0.25, -0.2) is 8.42 Å². The Bertz CT molecular complexity index is 1330. The largest absolute Gasteiger partial charge is 0.493 e. The van der Waals surface area contributed by atoms with Crippen LogP contribution in [-0.4, -0.2) is 66.1 Å². The summed E-state index contributed by atoms with van der Waals surface area (Å²) in [6, 6.07) is 4.83. The van der Waals surface area contributed by atoms with Crippen LogP contribution in [0, 0.1) is 5.41 Å². The topological polar surface area (TPSA) is 121 Å². The fourth-order valence-corrected chi connectivity index (χ4v) is 6.53. The Kier molecular flexibility index (Phi) is 8.23. The van der Waals surface area contributed by atoms with Gasteiger partial charge in [-0.2, -0.15) is 4.31 Å². The predicted molar refractivity (Wildman–Crippen MR) is 142 cm³/mol. The van der Waals surface area contributed by atoms with Gasteiger partial charge in [0, 0.05) is 49.3 Å². The standard InChI is InChI=1S/C27H37N3O6S/c1-4-6-19-16-29(3)26(33)22-15-23(28-25(19)22)21-14-20(7-8-24(21)36-13-5-2)37(34,35)30-11-9-27(17-31,18-32)10-12-30/h7-8,14,16,31-32H,4-6,9-13,15,17-18H2,1-3H3. The van der Waals surface area contributed by atoms with Crippen LogP contribution in [0.5, 0.6) is 5.75 Å². The van der Waals surface area contributed by atoms with E-state index in [1.54, 1.807) is 29.8 Å². The number of aliphatic hydroxyl groups is 2. The summed E-state index contributed by atoms with van der Waals surface area (Å²) in [5.41, 5.74) is 2.76. The summed E-state index contributed by atoms with van der Waals surface area (Å²) < 4.78 is 36.1. The molecule has 0 aliphatic carbocycles. The summed E-state index contributed by atoms with van der Waals surface area (Å²) in [5.74, 6) is 0.541. The minimum atomic E-state index is -3.82. The number of rotatable bonds is 10. The molecule has 1 aromatic heterocycles. The first-order chi connectivity index (χ1) is 17.7. The number of fused-ring (bicyclic) bond motifs is 1. The van der Waals surface area contributed by atoms with E-state index in [-0.39, 0.29) is 36.8 Å². The Hall–Kier alpha value is -2.53. The van der Waals surface area contributed by atoms with Crippen molar-refractivity contribution in [2.45, 2.75) is 57.3 Å². The van der Waals surface area contributed by atoms with E-state index in [0.29, 0.717) is 54.1 Å². The number of hydrogen-bond acceptors (Lipinski definition) is 7. The highest BCUT2D eigenvalue weighted by molar-refractivity contribution is 7.89. The number of benzene rings is 1. The number of aliphatic imine (C=N–C) groups is 1. The number of pyridine rings is 1. The molecule has 0 saturated carbocycles. The lowest BCUT2D eigenvalue weighted by atomic mass is 9.81. The molecule has 0 atom stereocenters. The zero-order chi connectivity index (χ0) is 26.8. The second kappa shape index (κ2) is 11.1. The highest BCUT2D eigenvalue weighted by atomic mass is 32.2.